The number of hydrogen-bond acceptors (Lipinski definition) is 8. The van der Waals surface area contributed by atoms with Gasteiger partial charge in [-0.25, -0.2) is 14.2 Å². The summed E-state index contributed by atoms with van der Waals surface area (Å²) in [5.41, 5.74) is 1.67. The van der Waals surface area contributed by atoms with E-state index in [0.29, 0.717) is 60.9 Å². The molecule has 2 aromatic heterocycles. The minimum atomic E-state index is -0.524. The van der Waals surface area contributed by atoms with Gasteiger partial charge in [0, 0.05) is 36.3 Å². The molecule has 0 saturated carbocycles. The topological polar surface area (TPSA) is 115 Å². The Morgan fingerprint density at radius 2 is 2.08 bits per heavy atom. The second-order valence-corrected chi connectivity index (χ2v) is 8.24. The van der Waals surface area contributed by atoms with Gasteiger partial charge < -0.3 is 29.7 Å². The molecule has 2 aliphatic rings. The number of nitrogens with one attached hydrogen (secondary N) is 2. The van der Waals surface area contributed by atoms with E-state index in [0.717, 1.165) is 5.69 Å². The number of methoxy groups -OCH3 is 1. The monoisotopic (exact) mass is 553 g/mol. The number of hydrogen-bond donors (Lipinski definition) is 2. The lowest BCUT2D eigenvalue weighted by Gasteiger charge is -2.17. The number of carbonyl (C=O) groups is 2. The summed E-state index contributed by atoms with van der Waals surface area (Å²) in [6.07, 6.45) is 1.28. The summed E-state index contributed by atoms with van der Waals surface area (Å²) in [6, 6.07) is 8.34. The van der Waals surface area contributed by atoms with Gasteiger partial charge in [0.2, 0.25) is 0 Å². The summed E-state index contributed by atoms with van der Waals surface area (Å²) in [4.78, 5) is 34.1. The van der Waals surface area contributed by atoms with Crippen molar-refractivity contribution in [1.82, 2.24) is 20.2 Å². The first-order valence-corrected chi connectivity index (χ1v) is 11.2. The van der Waals surface area contributed by atoms with E-state index in [-0.39, 0.29) is 42.8 Å². The summed E-state index contributed by atoms with van der Waals surface area (Å²) in [7, 11) is 1.47. The molecule has 1 fully saturated rings. The van der Waals surface area contributed by atoms with Crippen molar-refractivity contribution in [2.45, 2.75) is 19.1 Å². The zero-order valence-electron chi connectivity index (χ0n) is 19.9. The van der Waals surface area contributed by atoms with Gasteiger partial charge in [-0.3, -0.25) is 9.78 Å². The van der Waals surface area contributed by atoms with Crippen LogP contribution in [0.2, 0.25) is 0 Å². The van der Waals surface area contributed by atoms with Gasteiger partial charge in [-0.15, -0.1) is 24.8 Å². The lowest BCUT2D eigenvalue weighted by Crippen LogP contribution is -2.28. The Kier molecular flexibility index (Phi) is 9.30. The number of nitrogens with zero attached hydrogens (tertiary/aromatic N) is 3. The van der Waals surface area contributed by atoms with E-state index in [1.807, 2.05) is 6.07 Å². The van der Waals surface area contributed by atoms with Gasteiger partial charge in [-0.2, -0.15) is 0 Å². The number of amides is 2. The zero-order chi connectivity index (χ0) is 24.4. The molecule has 1 aromatic carbocycles. The summed E-state index contributed by atoms with van der Waals surface area (Å²) < 4.78 is 30.5. The van der Waals surface area contributed by atoms with E-state index in [9.17, 15) is 14.0 Å². The molecule has 0 bridgehead atoms. The van der Waals surface area contributed by atoms with Crippen LogP contribution in [0.3, 0.4) is 0 Å². The molecular weight excluding hydrogens is 528 g/mol. The predicted octanol–water partition coefficient (Wildman–Crippen LogP) is 3.63. The standard InChI is InChI=1S/C24H24FN5O5.2ClH/c1-33-15-9-17-16(5-7-27-22(17)18(25)10-15)20-12-30(24(32)35-20)8-2-6-26-11-14-3-4-19-23(28-14)29-21(31)13-34-19;;/h3-5,7,9-10,20,26H,2,6,8,11-13H2,1H3,(H,28,29,31);2*1H/t20-;;/m0../s1. The Morgan fingerprint density at radius 1 is 1.24 bits per heavy atom. The summed E-state index contributed by atoms with van der Waals surface area (Å²) >= 11 is 0. The lowest BCUT2D eigenvalue weighted by atomic mass is 10.0. The average Bonchev–Trinajstić information content (AvgIpc) is 3.23. The van der Waals surface area contributed by atoms with Crippen LogP contribution in [0.4, 0.5) is 15.0 Å². The highest BCUT2D eigenvalue weighted by Crippen LogP contribution is 2.33. The Morgan fingerprint density at radius 3 is 2.89 bits per heavy atom. The number of pyridine rings is 2. The maximum absolute atomic E-state index is 14.4. The maximum atomic E-state index is 14.4. The van der Waals surface area contributed by atoms with Crippen molar-refractivity contribution in [3.63, 3.8) is 0 Å². The fourth-order valence-corrected chi connectivity index (χ4v) is 4.17. The van der Waals surface area contributed by atoms with Crippen molar-refractivity contribution in [3.05, 3.63) is 53.6 Å². The highest BCUT2D eigenvalue weighted by molar-refractivity contribution is 5.94. The second kappa shape index (κ2) is 12.2. The van der Waals surface area contributed by atoms with Gasteiger partial charge in [0.05, 0.1) is 19.3 Å². The third kappa shape index (κ3) is 6.12. The molecule has 10 nitrogen and oxygen atoms in total. The molecule has 2 amide bonds. The van der Waals surface area contributed by atoms with Crippen LogP contribution < -0.4 is 20.1 Å². The molecule has 198 valence electrons. The number of benzene rings is 1. The van der Waals surface area contributed by atoms with Crippen molar-refractivity contribution in [1.29, 1.82) is 0 Å². The van der Waals surface area contributed by atoms with E-state index in [4.69, 9.17) is 14.2 Å². The van der Waals surface area contributed by atoms with Crippen molar-refractivity contribution in [3.8, 4) is 11.5 Å². The van der Waals surface area contributed by atoms with Gasteiger partial charge in [-0.1, -0.05) is 0 Å². The fourth-order valence-electron chi connectivity index (χ4n) is 4.17. The Hall–Kier alpha value is -3.41. The Balaban J connectivity index is 0.00000190. The van der Waals surface area contributed by atoms with Gasteiger partial charge in [0.25, 0.3) is 5.91 Å². The quantitative estimate of drug-likeness (QED) is 0.406. The molecule has 0 radical (unpaired) electrons. The van der Waals surface area contributed by atoms with Crippen LogP contribution in [-0.2, 0) is 16.1 Å². The number of cyclic esters (lactones) is 1. The normalized spacial score (nSPS) is 16.2. The number of fused-ring (bicyclic) bond motifs is 2. The van der Waals surface area contributed by atoms with Crippen molar-refractivity contribution < 1.29 is 28.2 Å². The van der Waals surface area contributed by atoms with Crippen molar-refractivity contribution in [2.75, 3.05) is 38.7 Å². The molecule has 0 spiro atoms. The van der Waals surface area contributed by atoms with Crippen LogP contribution in [0.1, 0.15) is 23.8 Å². The van der Waals surface area contributed by atoms with Gasteiger partial charge in [0.1, 0.15) is 17.4 Å². The van der Waals surface area contributed by atoms with Crippen molar-refractivity contribution >= 4 is 53.5 Å². The van der Waals surface area contributed by atoms with Gasteiger partial charge in [-0.05, 0) is 37.2 Å². The molecule has 1 saturated heterocycles. The molecule has 0 aliphatic carbocycles. The molecule has 5 rings (SSSR count). The van der Waals surface area contributed by atoms with Crippen molar-refractivity contribution in [2.24, 2.45) is 0 Å². The fraction of sp³-hybridized carbons (Fsp3) is 0.333. The molecule has 2 N–H and O–H groups in total. The first-order valence-electron chi connectivity index (χ1n) is 11.2. The third-order valence-electron chi connectivity index (χ3n) is 5.90. The van der Waals surface area contributed by atoms with E-state index in [2.05, 4.69) is 20.6 Å². The largest absolute Gasteiger partial charge is 0.497 e. The molecule has 37 heavy (non-hydrogen) atoms. The van der Waals surface area contributed by atoms with Crippen LogP contribution in [0.15, 0.2) is 36.5 Å². The maximum Gasteiger partial charge on any atom is 0.410 e. The molecule has 2 aliphatic heterocycles. The highest BCUT2D eigenvalue weighted by atomic mass is 35.5. The van der Waals surface area contributed by atoms with Crippen LogP contribution in [0.5, 0.6) is 11.5 Å². The SMILES string of the molecule is COc1cc(F)c2nccc([C@@H]3CN(CCCNCc4ccc5c(n4)NC(=O)CO5)C(=O)O3)c2c1.Cl.Cl. The molecule has 4 heterocycles. The Labute approximate surface area is 224 Å². The van der Waals surface area contributed by atoms with Crippen LogP contribution in [0, 0.1) is 5.82 Å². The molecule has 3 aromatic rings. The molecular formula is C24H26Cl2FN5O5. The predicted molar refractivity (Wildman–Crippen MR) is 138 cm³/mol. The van der Waals surface area contributed by atoms with Crippen LogP contribution in [0.25, 0.3) is 10.9 Å². The van der Waals surface area contributed by atoms with E-state index >= 15 is 0 Å². The summed E-state index contributed by atoms with van der Waals surface area (Å²) in [5.74, 6) is 0.637. The number of ether oxygens (including phenoxy) is 3. The van der Waals surface area contributed by atoms with Crippen LogP contribution in [-0.4, -0.2) is 60.2 Å². The average molecular weight is 554 g/mol. The number of halogens is 3. The molecule has 1 atom stereocenters. The summed E-state index contributed by atoms with van der Waals surface area (Å²) in [6.45, 7) is 2.02. The Bertz CT molecular complexity index is 1300. The minimum absolute atomic E-state index is 0. The third-order valence-corrected chi connectivity index (χ3v) is 5.90. The number of aromatic nitrogens is 2. The minimum Gasteiger partial charge on any atom is -0.497 e. The van der Waals surface area contributed by atoms with Gasteiger partial charge >= 0.3 is 6.09 Å². The zero-order valence-corrected chi connectivity index (χ0v) is 21.5. The van der Waals surface area contributed by atoms with E-state index < -0.39 is 18.0 Å². The van der Waals surface area contributed by atoms with E-state index in [1.165, 1.54) is 19.4 Å². The first-order chi connectivity index (χ1) is 17.0. The molecule has 0 unspecified atom stereocenters. The van der Waals surface area contributed by atoms with E-state index in [1.54, 1.807) is 23.1 Å². The van der Waals surface area contributed by atoms with Gasteiger partial charge in [0.15, 0.2) is 24.0 Å². The first kappa shape index (κ1) is 28.2. The number of anilines is 1. The smallest absolute Gasteiger partial charge is 0.410 e. The molecule has 13 heteroatoms. The number of rotatable bonds is 8. The number of carbonyl (C=O) groups excluding carboxylic acids is 2. The second-order valence-electron chi connectivity index (χ2n) is 8.24. The van der Waals surface area contributed by atoms with Crippen LogP contribution >= 0.6 is 24.8 Å². The summed E-state index contributed by atoms with van der Waals surface area (Å²) in [5, 5.41) is 6.54. The lowest BCUT2D eigenvalue weighted by molar-refractivity contribution is -0.118. The highest BCUT2D eigenvalue weighted by Gasteiger charge is 2.33.